The Kier molecular flexibility index (Phi) is 1.78. The van der Waals surface area contributed by atoms with Crippen LogP contribution in [0.25, 0.3) is 0 Å². The molecule has 0 fully saturated rings. The summed E-state index contributed by atoms with van der Waals surface area (Å²) >= 11 is 0.447. The minimum absolute atomic E-state index is 0.447. The van der Waals surface area contributed by atoms with Gasteiger partial charge < -0.3 is 0 Å². The Bertz CT molecular complexity index is 80.1. The van der Waals surface area contributed by atoms with E-state index in [1.807, 2.05) is 0 Å². The van der Waals surface area contributed by atoms with Crippen LogP contribution in [0.3, 0.4) is 0 Å². The van der Waals surface area contributed by atoms with Crippen LogP contribution in [0, 0.1) is 0 Å². The van der Waals surface area contributed by atoms with Crippen molar-refractivity contribution in [2.24, 2.45) is 0 Å². The third-order valence-corrected chi connectivity index (χ3v) is 2.67. The molecule has 34 valence electrons. The molecule has 0 N–H and O–H groups in total. The van der Waals surface area contributed by atoms with Gasteiger partial charge in [-0.15, -0.1) is 0 Å². The number of hydrogen-bond donors (Lipinski definition) is 0. The van der Waals surface area contributed by atoms with Gasteiger partial charge in [0.15, 0.2) is 0 Å². The van der Waals surface area contributed by atoms with Gasteiger partial charge in [-0.05, 0) is 0 Å². The van der Waals surface area contributed by atoms with Crippen molar-refractivity contribution in [3.05, 3.63) is 15.9 Å². The Morgan fingerprint density at radius 3 is 2.83 bits per heavy atom. The third kappa shape index (κ3) is 1.15. The first-order valence-corrected chi connectivity index (χ1v) is 4.74. The van der Waals surface area contributed by atoms with Crippen LogP contribution in [0.2, 0.25) is 0 Å². The SMILES string of the molecule is C1=CCC[I-]C=1. The molecule has 1 heterocycles. The van der Waals surface area contributed by atoms with Crippen molar-refractivity contribution in [1.29, 1.82) is 0 Å². The van der Waals surface area contributed by atoms with Crippen LogP contribution in [0.5, 0.6) is 0 Å². The first-order chi connectivity index (χ1) is 3.00. The summed E-state index contributed by atoms with van der Waals surface area (Å²) in [6, 6.07) is 0. The molecule has 0 nitrogen and oxygen atoms in total. The van der Waals surface area contributed by atoms with Gasteiger partial charge in [-0.1, -0.05) is 0 Å². The van der Waals surface area contributed by atoms with E-state index < -0.39 is 0 Å². The van der Waals surface area contributed by atoms with Crippen molar-refractivity contribution in [3.63, 3.8) is 0 Å². The van der Waals surface area contributed by atoms with Crippen LogP contribution in [-0.2, 0) is 0 Å². The van der Waals surface area contributed by atoms with E-state index in [1.54, 1.807) is 0 Å². The molecule has 0 aromatic carbocycles. The van der Waals surface area contributed by atoms with Gasteiger partial charge in [-0.3, -0.25) is 0 Å². The fourth-order valence-electron chi connectivity index (χ4n) is 0.345. The molecule has 1 aliphatic rings. The maximum atomic E-state index is 3.08. The summed E-state index contributed by atoms with van der Waals surface area (Å²) in [7, 11) is 0. The molecule has 0 saturated heterocycles. The van der Waals surface area contributed by atoms with Gasteiger partial charge in [0.25, 0.3) is 0 Å². The average Bonchev–Trinajstić information content (AvgIpc) is 1.72. The maximum absolute atomic E-state index is 3.08. The third-order valence-electron chi connectivity index (χ3n) is 0.621. The molecule has 0 aromatic heterocycles. The first-order valence-electron chi connectivity index (χ1n) is 1.97. The molecule has 0 aliphatic carbocycles. The van der Waals surface area contributed by atoms with E-state index in [1.165, 1.54) is 10.8 Å². The van der Waals surface area contributed by atoms with Crippen molar-refractivity contribution >= 4 is 0 Å². The second kappa shape index (κ2) is 2.43. The molecule has 1 rings (SSSR count). The van der Waals surface area contributed by atoms with Crippen LogP contribution < -0.4 is 21.2 Å². The number of hydrogen-bond acceptors (Lipinski definition) is 0. The van der Waals surface area contributed by atoms with Gasteiger partial charge >= 0.3 is 47.9 Å². The first kappa shape index (κ1) is 4.41. The summed E-state index contributed by atoms with van der Waals surface area (Å²) in [5.74, 6) is 0. The number of rotatable bonds is 0. The van der Waals surface area contributed by atoms with E-state index in [2.05, 4.69) is 15.9 Å². The molecule has 0 amide bonds. The van der Waals surface area contributed by atoms with E-state index in [0.29, 0.717) is 21.2 Å². The zero-order valence-electron chi connectivity index (χ0n) is 3.45. The summed E-state index contributed by atoms with van der Waals surface area (Å²) in [6.07, 6.45) is 3.40. The molecule has 0 unspecified atom stereocenters. The molecule has 0 saturated carbocycles. The van der Waals surface area contributed by atoms with Crippen LogP contribution in [-0.4, -0.2) is 4.43 Å². The Morgan fingerprint density at radius 2 is 2.67 bits per heavy atom. The monoisotopic (exact) mass is 193 g/mol. The molecule has 1 heteroatoms. The van der Waals surface area contributed by atoms with E-state index in [4.69, 9.17) is 0 Å². The zero-order chi connectivity index (χ0) is 4.24. The summed E-state index contributed by atoms with van der Waals surface area (Å²) in [5.41, 5.74) is 3.08. The summed E-state index contributed by atoms with van der Waals surface area (Å²) in [5, 5.41) is 0. The molecule has 0 aromatic rings. The molecule has 0 atom stereocenters. The zero-order valence-corrected chi connectivity index (χ0v) is 5.60. The van der Waals surface area contributed by atoms with Crippen molar-refractivity contribution in [3.8, 4) is 0 Å². The Labute approximate surface area is 48.2 Å². The van der Waals surface area contributed by atoms with Crippen molar-refractivity contribution in [1.82, 2.24) is 0 Å². The fourth-order valence-corrected chi connectivity index (χ4v) is 1.84. The summed E-state index contributed by atoms with van der Waals surface area (Å²) < 4.78 is 3.63. The van der Waals surface area contributed by atoms with Gasteiger partial charge in [0.2, 0.25) is 0 Å². The second-order valence-corrected chi connectivity index (χ2v) is 3.69. The predicted molar refractivity (Wildman–Crippen MR) is 22.1 cm³/mol. The van der Waals surface area contributed by atoms with Gasteiger partial charge in [0.1, 0.15) is 0 Å². The number of alkyl halides is 1. The standard InChI is InChI=1S/C5H6I/c1-2-4-6-5-3-1/h1,5H,2,4H2/q-1. The molecule has 0 radical (unpaired) electrons. The molecule has 1 aliphatic heterocycles. The van der Waals surface area contributed by atoms with E-state index in [0.717, 1.165) is 0 Å². The molecular weight excluding hydrogens is 187 g/mol. The van der Waals surface area contributed by atoms with Gasteiger partial charge in [0.05, 0.1) is 0 Å². The van der Waals surface area contributed by atoms with Crippen molar-refractivity contribution in [2.75, 3.05) is 4.43 Å². The number of halogens is 1. The summed E-state index contributed by atoms with van der Waals surface area (Å²) in [4.78, 5) is 0. The normalized spacial score (nSPS) is 20.0. The fraction of sp³-hybridized carbons (Fsp3) is 0.400. The topological polar surface area (TPSA) is 0 Å². The van der Waals surface area contributed by atoms with Crippen LogP contribution >= 0.6 is 0 Å². The van der Waals surface area contributed by atoms with Crippen LogP contribution in [0.15, 0.2) is 15.9 Å². The number of allylic oxidation sites excluding steroid dienone is 1. The van der Waals surface area contributed by atoms with Crippen LogP contribution in [0.1, 0.15) is 6.42 Å². The molecule has 0 spiro atoms. The predicted octanol–water partition coefficient (Wildman–Crippen LogP) is -1.85. The molecular formula is C5H6I-. The van der Waals surface area contributed by atoms with E-state index in [-0.39, 0.29) is 0 Å². The van der Waals surface area contributed by atoms with Gasteiger partial charge in [0, 0.05) is 0 Å². The Balaban J connectivity index is 2.53. The Hall–Kier alpha value is 0.250. The molecule has 0 bridgehead atoms. The van der Waals surface area contributed by atoms with Gasteiger partial charge in [-0.2, -0.15) is 0 Å². The minimum atomic E-state index is 0.447. The summed E-state index contributed by atoms with van der Waals surface area (Å²) in [6.45, 7) is 0. The van der Waals surface area contributed by atoms with Gasteiger partial charge in [-0.25, -0.2) is 0 Å². The van der Waals surface area contributed by atoms with E-state index in [9.17, 15) is 0 Å². The quantitative estimate of drug-likeness (QED) is 0.240. The molecule has 6 heavy (non-hydrogen) atoms. The van der Waals surface area contributed by atoms with Crippen molar-refractivity contribution in [2.45, 2.75) is 6.42 Å². The van der Waals surface area contributed by atoms with Crippen molar-refractivity contribution < 1.29 is 21.2 Å². The second-order valence-electron chi connectivity index (χ2n) is 1.11. The van der Waals surface area contributed by atoms with E-state index >= 15 is 0 Å². The Morgan fingerprint density at radius 1 is 1.67 bits per heavy atom. The van der Waals surface area contributed by atoms with Crippen LogP contribution in [0.4, 0.5) is 0 Å². The average molecular weight is 193 g/mol.